The highest BCUT2D eigenvalue weighted by atomic mass is 16.4. The van der Waals surface area contributed by atoms with Crippen molar-refractivity contribution < 1.29 is 9.90 Å². The van der Waals surface area contributed by atoms with Crippen LogP contribution in [0, 0.1) is 11.3 Å². The number of aliphatic carboxylic acids is 1. The molecule has 0 amide bonds. The molecule has 0 aromatic carbocycles. The van der Waals surface area contributed by atoms with Gasteiger partial charge in [0.05, 0.1) is 0 Å². The predicted molar refractivity (Wildman–Crippen MR) is 49.5 cm³/mol. The highest BCUT2D eigenvalue weighted by molar-refractivity contribution is 5.74. The summed E-state index contributed by atoms with van der Waals surface area (Å²) in [5, 5.41) is 11.9. The molecule has 1 spiro atoms. The molecule has 1 saturated carbocycles. The molecule has 2 N–H and O–H groups in total. The third-order valence-electron chi connectivity index (χ3n) is 3.61. The van der Waals surface area contributed by atoms with Crippen LogP contribution in [0.5, 0.6) is 0 Å². The molecule has 2 rings (SSSR count). The average molecular weight is 183 g/mol. The van der Waals surface area contributed by atoms with Gasteiger partial charge in [0.15, 0.2) is 0 Å². The van der Waals surface area contributed by atoms with E-state index in [4.69, 9.17) is 5.11 Å². The van der Waals surface area contributed by atoms with E-state index >= 15 is 0 Å². The first-order valence-corrected chi connectivity index (χ1v) is 5.14. The number of carboxylic acid groups (broad SMARTS) is 1. The Labute approximate surface area is 78.5 Å². The summed E-state index contributed by atoms with van der Waals surface area (Å²) in [6.07, 6.45) is 4.60. The number of carboxylic acids is 1. The molecule has 2 aliphatic rings. The zero-order valence-electron chi connectivity index (χ0n) is 8.05. The highest BCUT2D eigenvalue weighted by Gasteiger charge is 2.57. The molecule has 0 radical (unpaired) electrons. The molecule has 0 bridgehead atoms. The maximum Gasteiger partial charge on any atom is 0.320 e. The lowest BCUT2D eigenvalue weighted by molar-refractivity contribution is -0.139. The summed E-state index contributed by atoms with van der Waals surface area (Å²) >= 11 is 0. The summed E-state index contributed by atoms with van der Waals surface area (Å²) in [7, 11) is 0. The van der Waals surface area contributed by atoms with Gasteiger partial charge in [-0.25, -0.2) is 0 Å². The van der Waals surface area contributed by atoms with Crippen molar-refractivity contribution in [3.8, 4) is 0 Å². The molecule has 13 heavy (non-hydrogen) atoms. The van der Waals surface area contributed by atoms with Gasteiger partial charge in [-0.2, -0.15) is 0 Å². The maximum absolute atomic E-state index is 10.7. The third kappa shape index (κ3) is 1.46. The van der Waals surface area contributed by atoms with Gasteiger partial charge in [0.1, 0.15) is 6.04 Å². The minimum absolute atomic E-state index is 0.276. The summed E-state index contributed by atoms with van der Waals surface area (Å²) < 4.78 is 0. The molecule has 1 saturated heterocycles. The Kier molecular flexibility index (Phi) is 2.06. The molecule has 0 aromatic rings. The van der Waals surface area contributed by atoms with Crippen molar-refractivity contribution in [3.63, 3.8) is 0 Å². The molecule has 0 unspecified atom stereocenters. The molecule has 0 aromatic heterocycles. The van der Waals surface area contributed by atoms with Crippen LogP contribution in [-0.2, 0) is 4.79 Å². The van der Waals surface area contributed by atoms with Crippen molar-refractivity contribution >= 4 is 5.97 Å². The van der Waals surface area contributed by atoms with Crippen LogP contribution in [0.2, 0.25) is 0 Å². The van der Waals surface area contributed by atoms with Crippen LogP contribution in [0.1, 0.15) is 32.6 Å². The number of hydrogen-bond donors (Lipinski definition) is 2. The molecule has 1 heterocycles. The third-order valence-corrected chi connectivity index (χ3v) is 3.61. The monoisotopic (exact) mass is 183 g/mol. The van der Waals surface area contributed by atoms with Crippen molar-refractivity contribution in [1.29, 1.82) is 0 Å². The normalized spacial score (nSPS) is 42.5. The van der Waals surface area contributed by atoms with Gasteiger partial charge in [0.25, 0.3) is 0 Å². The van der Waals surface area contributed by atoms with Crippen LogP contribution in [0.3, 0.4) is 0 Å². The van der Waals surface area contributed by atoms with E-state index in [2.05, 4.69) is 12.2 Å². The average Bonchev–Trinajstić information content (AvgIpc) is 2.58. The predicted octanol–water partition coefficient (Wildman–Crippen LogP) is 1.24. The molecule has 2 fully saturated rings. The van der Waals surface area contributed by atoms with Gasteiger partial charge in [-0.05, 0) is 24.2 Å². The summed E-state index contributed by atoms with van der Waals surface area (Å²) in [6.45, 7) is 3.12. The second-order valence-electron chi connectivity index (χ2n) is 4.53. The molecule has 1 aliphatic carbocycles. The molecular formula is C10H17NO2. The van der Waals surface area contributed by atoms with E-state index in [0.717, 1.165) is 18.9 Å². The van der Waals surface area contributed by atoms with Gasteiger partial charge < -0.3 is 10.4 Å². The van der Waals surface area contributed by atoms with Crippen molar-refractivity contribution in [2.24, 2.45) is 11.3 Å². The van der Waals surface area contributed by atoms with Crippen LogP contribution in [0.4, 0.5) is 0 Å². The van der Waals surface area contributed by atoms with Crippen LogP contribution >= 0.6 is 0 Å². The zero-order chi connectivity index (χ0) is 9.47. The Morgan fingerprint density at radius 3 is 2.92 bits per heavy atom. The molecule has 1 aliphatic heterocycles. The minimum atomic E-state index is -0.681. The second kappa shape index (κ2) is 2.98. The van der Waals surface area contributed by atoms with Crippen LogP contribution in [-0.4, -0.2) is 23.7 Å². The summed E-state index contributed by atoms with van der Waals surface area (Å²) in [5.74, 6) is 0.119. The smallest absolute Gasteiger partial charge is 0.320 e. The van der Waals surface area contributed by atoms with Gasteiger partial charge in [-0.1, -0.05) is 19.8 Å². The molecule has 3 nitrogen and oxygen atoms in total. The van der Waals surface area contributed by atoms with Gasteiger partial charge in [0.2, 0.25) is 0 Å². The van der Waals surface area contributed by atoms with Crippen molar-refractivity contribution in [2.75, 3.05) is 6.54 Å². The molecule has 3 heteroatoms. The second-order valence-corrected chi connectivity index (χ2v) is 4.53. The fraction of sp³-hybridized carbons (Fsp3) is 0.900. The largest absolute Gasteiger partial charge is 0.480 e. The Morgan fingerprint density at radius 1 is 1.62 bits per heavy atom. The van der Waals surface area contributed by atoms with E-state index in [-0.39, 0.29) is 6.04 Å². The van der Waals surface area contributed by atoms with E-state index < -0.39 is 5.97 Å². The van der Waals surface area contributed by atoms with E-state index in [1.165, 1.54) is 19.3 Å². The summed E-state index contributed by atoms with van der Waals surface area (Å²) in [6, 6.07) is -0.276. The summed E-state index contributed by atoms with van der Waals surface area (Å²) in [4.78, 5) is 10.7. The quantitative estimate of drug-likeness (QED) is 0.692. The lowest BCUT2D eigenvalue weighted by atomic mass is 9.98. The van der Waals surface area contributed by atoms with Gasteiger partial charge in [-0.3, -0.25) is 4.79 Å². The maximum atomic E-state index is 10.7. The molecule has 74 valence electrons. The minimum Gasteiger partial charge on any atom is -0.480 e. The molecule has 3 atom stereocenters. The van der Waals surface area contributed by atoms with Crippen LogP contribution in [0.25, 0.3) is 0 Å². The first-order valence-electron chi connectivity index (χ1n) is 5.14. The number of carbonyl (C=O) groups is 1. The SMILES string of the molecule is CCC[C@@H]1C[C@@]12CN[C@H](C(=O)O)C2. The topological polar surface area (TPSA) is 49.3 Å². The first kappa shape index (κ1) is 9.00. The molecular weight excluding hydrogens is 166 g/mol. The van der Waals surface area contributed by atoms with E-state index in [1.54, 1.807) is 0 Å². The zero-order valence-corrected chi connectivity index (χ0v) is 8.05. The van der Waals surface area contributed by atoms with E-state index in [1.807, 2.05) is 0 Å². The first-order chi connectivity index (χ1) is 6.18. The number of rotatable bonds is 3. The Bertz CT molecular complexity index is 229. The number of nitrogens with one attached hydrogen (secondary N) is 1. The Balaban J connectivity index is 1.89. The standard InChI is InChI=1S/C10H17NO2/c1-2-3-7-4-10(7)5-8(9(12)13)11-6-10/h7-8,11H,2-6H2,1H3,(H,12,13)/t7-,8+,10-/m1/s1. The van der Waals surface area contributed by atoms with E-state index in [0.29, 0.717) is 5.41 Å². The Hall–Kier alpha value is -0.570. The fourth-order valence-corrected chi connectivity index (χ4v) is 2.71. The highest BCUT2D eigenvalue weighted by Crippen LogP contribution is 2.59. The van der Waals surface area contributed by atoms with Crippen LogP contribution < -0.4 is 5.32 Å². The van der Waals surface area contributed by atoms with Gasteiger partial charge in [-0.15, -0.1) is 0 Å². The van der Waals surface area contributed by atoms with Gasteiger partial charge >= 0.3 is 5.97 Å². The van der Waals surface area contributed by atoms with Gasteiger partial charge in [0, 0.05) is 6.54 Å². The van der Waals surface area contributed by atoms with Crippen molar-refractivity contribution in [3.05, 3.63) is 0 Å². The Morgan fingerprint density at radius 2 is 2.38 bits per heavy atom. The van der Waals surface area contributed by atoms with E-state index in [9.17, 15) is 4.79 Å². The fourth-order valence-electron chi connectivity index (χ4n) is 2.71. The van der Waals surface area contributed by atoms with Crippen LogP contribution in [0.15, 0.2) is 0 Å². The van der Waals surface area contributed by atoms with Crippen molar-refractivity contribution in [1.82, 2.24) is 5.32 Å². The number of hydrogen-bond acceptors (Lipinski definition) is 2. The lowest BCUT2D eigenvalue weighted by Crippen LogP contribution is -2.29. The summed E-state index contributed by atoms with van der Waals surface area (Å²) in [5.41, 5.74) is 0.374. The van der Waals surface area contributed by atoms with Crippen molar-refractivity contribution in [2.45, 2.75) is 38.6 Å². The lowest BCUT2D eigenvalue weighted by Gasteiger charge is -2.05.